The number of halogens is 3. The summed E-state index contributed by atoms with van der Waals surface area (Å²) in [5, 5.41) is 12.2. The Morgan fingerprint density at radius 3 is 2.64 bits per heavy atom. The molecule has 0 bridgehead atoms. The fraction of sp³-hybridized carbons (Fsp3) is 0.667. The van der Waals surface area contributed by atoms with Crippen molar-refractivity contribution < 1.29 is 5.11 Å². The van der Waals surface area contributed by atoms with Crippen molar-refractivity contribution in [2.24, 2.45) is 0 Å². The monoisotopic (exact) mass is 275 g/mol. The summed E-state index contributed by atoms with van der Waals surface area (Å²) in [5.41, 5.74) is 0. The zero-order chi connectivity index (χ0) is 10.8. The standard InChI is InChI=1S/C6H8Cl3N3OS/c1-3(2-13)10-5-11-4(12-14-5)6(7,8)9/h3,13H,2H2,1H3,(H,10,11,12). The van der Waals surface area contributed by atoms with Gasteiger partial charge in [-0.2, -0.15) is 9.36 Å². The van der Waals surface area contributed by atoms with Gasteiger partial charge in [0.2, 0.25) is 5.13 Å². The topological polar surface area (TPSA) is 58.0 Å². The minimum atomic E-state index is -1.60. The van der Waals surface area contributed by atoms with Crippen LogP contribution in [-0.2, 0) is 3.79 Å². The van der Waals surface area contributed by atoms with E-state index in [-0.39, 0.29) is 18.5 Å². The van der Waals surface area contributed by atoms with Crippen molar-refractivity contribution in [2.75, 3.05) is 11.9 Å². The Bertz CT molecular complexity index is 301. The van der Waals surface area contributed by atoms with Crippen LogP contribution in [0.25, 0.3) is 0 Å². The third kappa shape index (κ3) is 3.40. The minimum absolute atomic E-state index is 0.00266. The van der Waals surface area contributed by atoms with E-state index in [1.807, 2.05) is 0 Å². The van der Waals surface area contributed by atoms with Crippen molar-refractivity contribution in [1.82, 2.24) is 9.36 Å². The Labute approximate surface area is 100 Å². The number of nitrogens with zero attached hydrogens (tertiary/aromatic N) is 2. The van der Waals surface area contributed by atoms with Gasteiger partial charge in [0, 0.05) is 17.6 Å². The summed E-state index contributed by atoms with van der Waals surface area (Å²) in [6, 6.07) is -0.105. The number of hydrogen-bond acceptors (Lipinski definition) is 5. The number of alkyl halides is 3. The maximum absolute atomic E-state index is 8.78. The van der Waals surface area contributed by atoms with Crippen molar-refractivity contribution in [3.05, 3.63) is 5.82 Å². The zero-order valence-electron chi connectivity index (χ0n) is 7.17. The maximum atomic E-state index is 8.78. The van der Waals surface area contributed by atoms with E-state index in [1.54, 1.807) is 6.92 Å². The summed E-state index contributed by atoms with van der Waals surface area (Å²) >= 11 is 17.8. The van der Waals surface area contributed by atoms with E-state index in [1.165, 1.54) is 0 Å². The number of rotatable bonds is 3. The highest BCUT2D eigenvalue weighted by Gasteiger charge is 2.28. The molecule has 0 saturated carbocycles. The van der Waals surface area contributed by atoms with Gasteiger partial charge in [0.1, 0.15) is 0 Å². The highest BCUT2D eigenvalue weighted by molar-refractivity contribution is 7.09. The highest BCUT2D eigenvalue weighted by Crippen LogP contribution is 2.37. The number of aliphatic hydroxyl groups excluding tert-OH is 1. The first kappa shape index (κ1) is 12.3. The second kappa shape index (κ2) is 4.81. The number of aliphatic hydroxyl groups is 1. The van der Waals surface area contributed by atoms with E-state index in [0.29, 0.717) is 5.13 Å². The van der Waals surface area contributed by atoms with Crippen LogP contribution in [0, 0.1) is 0 Å². The van der Waals surface area contributed by atoms with Crippen LogP contribution < -0.4 is 5.32 Å². The average Bonchev–Trinajstić information content (AvgIpc) is 2.51. The predicted molar refractivity (Wildman–Crippen MR) is 59.3 cm³/mol. The number of hydrogen-bond donors (Lipinski definition) is 2. The average molecular weight is 277 g/mol. The van der Waals surface area contributed by atoms with Crippen LogP contribution >= 0.6 is 46.3 Å². The van der Waals surface area contributed by atoms with Gasteiger partial charge >= 0.3 is 0 Å². The summed E-state index contributed by atoms with van der Waals surface area (Å²) < 4.78 is 2.27. The van der Waals surface area contributed by atoms with Gasteiger partial charge in [-0.3, -0.25) is 0 Å². The molecule has 1 atom stereocenters. The lowest BCUT2D eigenvalue weighted by atomic mass is 10.4. The molecule has 2 N–H and O–H groups in total. The Hall–Kier alpha value is 0.190. The van der Waals surface area contributed by atoms with Gasteiger partial charge in [-0.15, -0.1) is 0 Å². The first-order valence-corrected chi connectivity index (χ1v) is 5.62. The summed E-state index contributed by atoms with van der Waals surface area (Å²) in [4.78, 5) is 3.96. The van der Waals surface area contributed by atoms with Crippen molar-refractivity contribution >= 4 is 51.5 Å². The normalized spacial score (nSPS) is 14.1. The van der Waals surface area contributed by atoms with E-state index in [4.69, 9.17) is 39.9 Å². The number of aromatic nitrogens is 2. The lowest BCUT2D eigenvalue weighted by Crippen LogP contribution is -2.19. The van der Waals surface area contributed by atoms with Crippen LogP contribution in [0.4, 0.5) is 5.13 Å². The summed E-state index contributed by atoms with van der Waals surface area (Å²) in [6.45, 7) is 1.80. The minimum Gasteiger partial charge on any atom is -0.394 e. The summed E-state index contributed by atoms with van der Waals surface area (Å²) in [7, 11) is 0. The van der Waals surface area contributed by atoms with Crippen molar-refractivity contribution in [2.45, 2.75) is 16.8 Å². The molecule has 0 aliphatic carbocycles. The van der Waals surface area contributed by atoms with E-state index in [0.717, 1.165) is 11.5 Å². The Kier molecular flexibility index (Phi) is 4.21. The Balaban J connectivity index is 2.69. The van der Waals surface area contributed by atoms with Crippen LogP contribution in [0.1, 0.15) is 12.7 Å². The van der Waals surface area contributed by atoms with E-state index < -0.39 is 3.79 Å². The Morgan fingerprint density at radius 2 is 2.21 bits per heavy atom. The van der Waals surface area contributed by atoms with Crippen LogP contribution in [0.15, 0.2) is 0 Å². The molecule has 1 aromatic heterocycles. The second-order valence-corrected chi connectivity index (χ2v) is 5.68. The number of nitrogens with one attached hydrogen (secondary N) is 1. The summed E-state index contributed by atoms with van der Waals surface area (Å²) in [6.07, 6.45) is 0. The van der Waals surface area contributed by atoms with Crippen molar-refractivity contribution in [1.29, 1.82) is 0 Å². The lowest BCUT2D eigenvalue weighted by Gasteiger charge is -2.08. The highest BCUT2D eigenvalue weighted by atomic mass is 35.6. The fourth-order valence-corrected chi connectivity index (χ4v) is 1.79. The number of anilines is 1. The van der Waals surface area contributed by atoms with Crippen LogP contribution in [-0.4, -0.2) is 27.1 Å². The van der Waals surface area contributed by atoms with Crippen molar-refractivity contribution in [3.63, 3.8) is 0 Å². The molecule has 0 spiro atoms. The largest absolute Gasteiger partial charge is 0.394 e. The third-order valence-electron chi connectivity index (χ3n) is 1.32. The molecule has 8 heteroatoms. The maximum Gasteiger partial charge on any atom is 0.251 e. The lowest BCUT2D eigenvalue weighted by molar-refractivity contribution is 0.281. The second-order valence-electron chi connectivity index (χ2n) is 2.65. The first-order chi connectivity index (χ1) is 6.43. The molecule has 0 fully saturated rings. The molecule has 0 saturated heterocycles. The van der Waals surface area contributed by atoms with Gasteiger partial charge in [-0.25, -0.2) is 0 Å². The molecule has 14 heavy (non-hydrogen) atoms. The van der Waals surface area contributed by atoms with E-state index in [2.05, 4.69) is 14.7 Å². The van der Waals surface area contributed by atoms with Crippen LogP contribution in [0.3, 0.4) is 0 Å². The molecule has 0 amide bonds. The van der Waals surface area contributed by atoms with Gasteiger partial charge in [0.15, 0.2) is 5.82 Å². The van der Waals surface area contributed by atoms with Crippen LogP contribution in [0.5, 0.6) is 0 Å². The molecule has 0 radical (unpaired) electrons. The molecule has 0 aliphatic rings. The van der Waals surface area contributed by atoms with Crippen molar-refractivity contribution in [3.8, 4) is 0 Å². The van der Waals surface area contributed by atoms with Gasteiger partial charge in [0.05, 0.1) is 6.61 Å². The zero-order valence-corrected chi connectivity index (χ0v) is 10.3. The molecule has 80 valence electrons. The first-order valence-electron chi connectivity index (χ1n) is 3.71. The Morgan fingerprint density at radius 1 is 1.57 bits per heavy atom. The van der Waals surface area contributed by atoms with Crippen LogP contribution in [0.2, 0.25) is 0 Å². The van der Waals surface area contributed by atoms with Gasteiger partial charge in [-0.05, 0) is 6.92 Å². The fourth-order valence-electron chi connectivity index (χ4n) is 0.654. The molecular formula is C6H8Cl3N3OS. The van der Waals surface area contributed by atoms with Gasteiger partial charge in [-0.1, -0.05) is 34.8 Å². The smallest absolute Gasteiger partial charge is 0.251 e. The molecule has 1 rings (SSSR count). The SMILES string of the molecule is CC(CO)Nc1nc(C(Cl)(Cl)Cl)ns1. The summed E-state index contributed by atoms with van der Waals surface area (Å²) in [5.74, 6) is 0.139. The molecular weight excluding hydrogens is 269 g/mol. The van der Waals surface area contributed by atoms with E-state index in [9.17, 15) is 0 Å². The van der Waals surface area contributed by atoms with Gasteiger partial charge < -0.3 is 10.4 Å². The van der Waals surface area contributed by atoms with Gasteiger partial charge in [0.25, 0.3) is 3.79 Å². The molecule has 0 aromatic carbocycles. The van der Waals surface area contributed by atoms with E-state index >= 15 is 0 Å². The molecule has 1 aromatic rings. The third-order valence-corrected chi connectivity index (χ3v) is 2.48. The predicted octanol–water partition coefficient (Wildman–Crippen LogP) is 2.16. The molecule has 1 heterocycles. The molecule has 1 unspecified atom stereocenters. The quantitative estimate of drug-likeness (QED) is 0.831. The molecule has 0 aliphatic heterocycles. The molecule has 4 nitrogen and oxygen atoms in total.